The Kier molecular flexibility index (Phi) is 5.87. The number of ether oxygens (including phenoxy) is 1. The average molecular weight is 310 g/mol. The van der Waals surface area contributed by atoms with E-state index in [1.165, 1.54) is 0 Å². The summed E-state index contributed by atoms with van der Waals surface area (Å²) in [6, 6.07) is 18.1. The normalized spacial score (nSPS) is 12.9. The molecule has 0 amide bonds. The van der Waals surface area contributed by atoms with Gasteiger partial charge in [-0.15, -0.1) is 0 Å². The molecule has 0 aliphatic heterocycles. The fourth-order valence-corrected chi connectivity index (χ4v) is 2.20. The molecule has 3 N–H and O–H groups in total. The van der Waals surface area contributed by atoms with Gasteiger partial charge in [0.05, 0.1) is 17.6 Å². The molecule has 5 heteroatoms. The van der Waals surface area contributed by atoms with Crippen molar-refractivity contribution in [3.05, 3.63) is 71.3 Å². The second-order valence-electron chi connectivity index (χ2n) is 5.21. The third-order valence-electron chi connectivity index (χ3n) is 3.45. The predicted octanol–water partition coefficient (Wildman–Crippen LogP) is 1.74. The Morgan fingerprint density at radius 3 is 2.52 bits per heavy atom. The molecular formula is C18H18N2O3. The maximum Gasteiger partial charge on any atom is 0.313 e. The topological polar surface area (TPSA) is 96.3 Å². The number of carbonyl (C=O) groups excluding carboxylic acids is 1. The fraction of sp³-hybridized carbons (Fsp3) is 0.222. The van der Waals surface area contributed by atoms with Gasteiger partial charge in [0.15, 0.2) is 0 Å². The average Bonchev–Trinajstić information content (AvgIpc) is 2.58. The number of esters is 1. The lowest BCUT2D eigenvalue weighted by Crippen LogP contribution is -2.37. The lowest BCUT2D eigenvalue weighted by atomic mass is 9.97. The summed E-state index contributed by atoms with van der Waals surface area (Å²) in [5.74, 6) is -1.45. The van der Waals surface area contributed by atoms with Gasteiger partial charge in [0.1, 0.15) is 12.8 Å². The minimum absolute atomic E-state index is 0.126. The smallest absolute Gasteiger partial charge is 0.313 e. The van der Waals surface area contributed by atoms with Crippen molar-refractivity contribution < 1.29 is 14.6 Å². The zero-order valence-electron chi connectivity index (χ0n) is 12.6. The van der Waals surface area contributed by atoms with E-state index >= 15 is 0 Å². The van der Waals surface area contributed by atoms with Crippen molar-refractivity contribution in [2.45, 2.75) is 19.3 Å². The molecule has 0 bridgehead atoms. The van der Waals surface area contributed by atoms with Crippen LogP contribution in [0.3, 0.4) is 0 Å². The standard InChI is InChI=1S/C18H18N2O3/c19-11-15-8-4-7-14(9-15)10-16(17(20)21)18(22)23-12-13-5-2-1-3-6-13/h1-9,16-17,21H,10,12,20H2. The van der Waals surface area contributed by atoms with Gasteiger partial charge in [-0.1, -0.05) is 42.5 Å². The van der Waals surface area contributed by atoms with Gasteiger partial charge < -0.3 is 15.6 Å². The van der Waals surface area contributed by atoms with Gasteiger partial charge in [-0.2, -0.15) is 5.26 Å². The van der Waals surface area contributed by atoms with Crippen LogP contribution in [0.4, 0.5) is 0 Å². The molecule has 5 nitrogen and oxygen atoms in total. The number of nitrogens with two attached hydrogens (primary N) is 1. The van der Waals surface area contributed by atoms with Gasteiger partial charge >= 0.3 is 5.97 Å². The van der Waals surface area contributed by atoms with E-state index in [4.69, 9.17) is 15.7 Å². The zero-order valence-corrected chi connectivity index (χ0v) is 12.6. The maximum absolute atomic E-state index is 12.2. The Morgan fingerprint density at radius 2 is 1.87 bits per heavy atom. The molecule has 23 heavy (non-hydrogen) atoms. The van der Waals surface area contributed by atoms with Crippen molar-refractivity contribution in [1.82, 2.24) is 0 Å². The van der Waals surface area contributed by atoms with Gasteiger partial charge in [-0.3, -0.25) is 4.79 Å². The zero-order chi connectivity index (χ0) is 16.7. The van der Waals surface area contributed by atoms with Crippen molar-refractivity contribution in [3.63, 3.8) is 0 Å². The van der Waals surface area contributed by atoms with Crippen LogP contribution < -0.4 is 5.73 Å². The Balaban J connectivity index is 2.02. The first-order valence-electron chi connectivity index (χ1n) is 7.23. The van der Waals surface area contributed by atoms with E-state index < -0.39 is 18.1 Å². The van der Waals surface area contributed by atoms with E-state index in [2.05, 4.69) is 0 Å². The molecule has 0 aromatic heterocycles. The van der Waals surface area contributed by atoms with Gasteiger partial charge in [0, 0.05) is 0 Å². The molecule has 0 saturated heterocycles. The van der Waals surface area contributed by atoms with Crippen LogP contribution in [0.1, 0.15) is 16.7 Å². The Bertz CT molecular complexity index is 693. The van der Waals surface area contributed by atoms with Gasteiger partial charge in [-0.25, -0.2) is 0 Å². The minimum atomic E-state index is -1.33. The molecule has 0 fully saturated rings. The number of nitriles is 1. The summed E-state index contributed by atoms with van der Waals surface area (Å²) in [5.41, 5.74) is 7.61. The number of carbonyl (C=O) groups is 1. The van der Waals surface area contributed by atoms with E-state index in [-0.39, 0.29) is 13.0 Å². The first-order valence-corrected chi connectivity index (χ1v) is 7.23. The predicted molar refractivity (Wildman–Crippen MR) is 84.8 cm³/mol. The highest BCUT2D eigenvalue weighted by Gasteiger charge is 2.26. The Morgan fingerprint density at radius 1 is 1.17 bits per heavy atom. The lowest BCUT2D eigenvalue weighted by Gasteiger charge is -2.18. The number of aliphatic hydroxyl groups is 1. The Hall–Kier alpha value is -2.68. The van der Waals surface area contributed by atoms with Crippen LogP contribution in [0.2, 0.25) is 0 Å². The molecule has 2 aromatic rings. The van der Waals surface area contributed by atoms with Gasteiger partial charge in [-0.05, 0) is 29.7 Å². The molecule has 0 aliphatic carbocycles. The molecule has 0 spiro atoms. The first kappa shape index (κ1) is 16.7. The van der Waals surface area contributed by atoms with Crippen LogP contribution in [0.15, 0.2) is 54.6 Å². The second kappa shape index (κ2) is 8.08. The molecule has 2 aromatic carbocycles. The number of hydrogen-bond acceptors (Lipinski definition) is 5. The second-order valence-corrected chi connectivity index (χ2v) is 5.21. The summed E-state index contributed by atoms with van der Waals surface area (Å²) in [6.45, 7) is 0.126. The summed E-state index contributed by atoms with van der Waals surface area (Å²) < 4.78 is 5.24. The van der Waals surface area contributed by atoms with Crippen LogP contribution in [-0.2, 0) is 22.6 Å². The summed E-state index contributed by atoms with van der Waals surface area (Å²) in [6.07, 6.45) is -1.12. The SMILES string of the molecule is N#Cc1cccc(CC(C(=O)OCc2ccccc2)C(N)O)c1. The lowest BCUT2D eigenvalue weighted by molar-refractivity contribution is -0.153. The molecule has 118 valence electrons. The molecular weight excluding hydrogens is 292 g/mol. The number of rotatable bonds is 6. The molecule has 0 saturated carbocycles. The fourth-order valence-electron chi connectivity index (χ4n) is 2.20. The summed E-state index contributed by atoms with van der Waals surface area (Å²) in [4.78, 5) is 12.2. The highest BCUT2D eigenvalue weighted by Crippen LogP contribution is 2.15. The number of nitrogens with zero attached hydrogens (tertiary/aromatic N) is 1. The van der Waals surface area contributed by atoms with E-state index in [1.54, 1.807) is 24.3 Å². The highest BCUT2D eigenvalue weighted by molar-refractivity contribution is 5.73. The molecule has 0 heterocycles. The van der Waals surface area contributed by atoms with Crippen LogP contribution in [0, 0.1) is 17.2 Å². The number of hydrogen-bond donors (Lipinski definition) is 2. The van der Waals surface area contributed by atoms with Gasteiger partial charge in [0.2, 0.25) is 0 Å². The number of aliphatic hydroxyl groups excluding tert-OH is 1. The highest BCUT2D eigenvalue weighted by atomic mass is 16.5. The van der Waals surface area contributed by atoms with Crippen LogP contribution in [-0.4, -0.2) is 17.3 Å². The quantitative estimate of drug-likeness (QED) is 0.626. The van der Waals surface area contributed by atoms with Crippen molar-refractivity contribution in [2.75, 3.05) is 0 Å². The Labute approximate surface area is 134 Å². The van der Waals surface area contributed by atoms with Crippen LogP contribution in [0.25, 0.3) is 0 Å². The molecule has 0 aliphatic rings. The van der Waals surface area contributed by atoms with Crippen molar-refractivity contribution in [2.24, 2.45) is 11.7 Å². The third kappa shape index (κ3) is 4.92. The van der Waals surface area contributed by atoms with E-state index in [0.717, 1.165) is 11.1 Å². The largest absolute Gasteiger partial charge is 0.460 e. The first-order chi connectivity index (χ1) is 11.1. The van der Waals surface area contributed by atoms with E-state index in [9.17, 15) is 9.90 Å². The van der Waals surface area contributed by atoms with Crippen molar-refractivity contribution in [3.8, 4) is 6.07 Å². The monoisotopic (exact) mass is 310 g/mol. The molecule has 2 rings (SSSR count). The van der Waals surface area contributed by atoms with Crippen LogP contribution in [0.5, 0.6) is 0 Å². The molecule has 0 radical (unpaired) electrons. The van der Waals surface area contributed by atoms with E-state index in [1.807, 2.05) is 36.4 Å². The van der Waals surface area contributed by atoms with E-state index in [0.29, 0.717) is 5.56 Å². The number of benzene rings is 2. The minimum Gasteiger partial charge on any atom is -0.460 e. The summed E-state index contributed by atoms with van der Waals surface area (Å²) >= 11 is 0. The van der Waals surface area contributed by atoms with Gasteiger partial charge in [0.25, 0.3) is 0 Å². The molecule has 2 atom stereocenters. The molecule has 2 unspecified atom stereocenters. The van der Waals surface area contributed by atoms with Crippen molar-refractivity contribution >= 4 is 5.97 Å². The van der Waals surface area contributed by atoms with Crippen LogP contribution >= 0.6 is 0 Å². The summed E-state index contributed by atoms with van der Waals surface area (Å²) in [7, 11) is 0. The third-order valence-corrected chi connectivity index (χ3v) is 3.45. The van der Waals surface area contributed by atoms with Crippen molar-refractivity contribution in [1.29, 1.82) is 5.26 Å². The maximum atomic E-state index is 12.2. The summed E-state index contributed by atoms with van der Waals surface area (Å²) in [5, 5.41) is 18.6.